The number of pyridine rings is 1. The SMILES string of the molecule is Brc1ccc(SCCNCc2cc(Br)cs2)nc1. The van der Waals surface area contributed by atoms with Gasteiger partial charge in [0.05, 0.1) is 5.03 Å². The summed E-state index contributed by atoms with van der Waals surface area (Å²) in [6.07, 6.45) is 1.83. The zero-order valence-corrected chi connectivity index (χ0v) is 14.3. The van der Waals surface area contributed by atoms with Gasteiger partial charge in [0.15, 0.2) is 0 Å². The summed E-state index contributed by atoms with van der Waals surface area (Å²) in [6, 6.07) is 6.21. The zero-order valence-electron chi connectivity index (χ0n) is 9.53. The molecule has 0 bridgehead atoms. The van der Waals surface area contributed by atoms with Crippen LogP contribution in [0.25, 0.3) is 0 Å². The molecule has 2 aromatic rings. The van der Waals surface area contributed by atoms with E-state index in [1.807, 2.05) is 18.3 Å². The Labute approximate surface area is 132 Å². The summed E-state index contributed by atoms with van der Waals surface area (Å²) in [5.41, 5.74) is 0. The second-order valence-corrected chi connectivity index (χ2v) is 7.51. The Morgan fingerprint density at radius 3 is 2.83 bits per heavy atom. The van der Waals surface area contributed by atoms with E-state index in [9.17, 15) is 0 Å². The lowest BCUT2D eigenvalue weighted by molar-refractivity contribution is 0.740. The monoisotopic (exact) mass is 406 g/mol. The lowest BCUT2D eigenvalue weighted by Gasteiger charge is -2.03. The first-order chi connectivity index (χ1) is 8.74. The molecule has 2 heterocycles. The van der Waals surface area contributed by atoms with Gasteiger partial charge in [0, 0.05) is 44.2 Å². The number of nitrogens with one attached hydrogen (secondary N) is 1. The standard InChI is InChI=1S/C12H12Br2N2S2/c13-9-1-2-12(16-6-9)17-4-3-15-7-11-5-10(14)8-18-11/h1-2,5-6,8,15H,3-4,7H2. The molecule has 0 spiro atoms. The summed E-state index contributed by atoms with van der Waals surface area (Å²) in [6.45, 7) is 1.92. The third-order valence-electron chi connectivity index (χ3n) is 2.15. The molecule has 0 saturated heterocycles. The lowest BCUT2D eigenvalue weighted by Crippen LogP contribution is -2.15. The maximum Gasteiger partial charge on any atom is 0.0961 e. The molecule has 0 aliphatic rings. The Hall–Kier alpha value is 0.120. The molecule has 18 heavy (non-hydrogen) atoms. The van der Waals surface area contributed by atoms with Crippen molar-refractivity contribution in [3.8, 4) is 0 Å². The summed E-state index contributed by atoms with van der Waals surface area (Å²) in [5.74, 6) is 1.03. The van der Waals surface area contributed by atoms with Gasteiger partial charge in [-0.15, -0.1) is 23.1 Å². The van der Waals surface area contributed by atoms with Crippen LogP contribution < -0.4 is 5.32 Å². The highest BCUT2D eigenvalue weighted by atomic mass is 79.9. The van der Waals surface area contributed by atoms with Gasteiger partial charge in [-0.1, -0.05) is 0 Å². The molecule has 0 aliphatic carbocycles. The Kier molecular flexibility index (Phi) is 6.17. The summed E-state index contributed by atoms with van der Waals surface area (Å²) in [5, 5.41) is 6.61. The van der Waals surface area contributed by atoms with E-state index >= 15 is 0 Å². The summed E-state index contributed by atoms with van der Waals surface area (Å²) >= 11 is 10.4. The van der Waals surface area contributed by atoms with E-state index in [-0.39, 0.29) is 0 Å². The minimum atomic E-state index is 0.935. The first-order valence-corrected chi connectivity index (χ1v) is 8.87. The molecular weight excluding hydrogens is 396 g/mol. The van der Waals surface area contributed by atoms with Gasteiger partial charge >= 0.3 is 0 Å². The molecule has 0 atom stereocenters. The Bertz CT molecular complexity index is 485. The van der Waals surface area contributed by atoms with Gasteiger partial charge < -0.3 is 5.32 Å². The van der Waals surface area contributed by atoms with Crippen molar-refractivity contribution in [1.29, 1.82) is 0 Å². The fourth-order valence-corrected chi connectivity index (χ4v) is 3.74. The van der Waals surface area contributed by atoms with Gasteiger partial charge in [-0.3, -0.25) is 0 Å². The minimum absolute atomic E-state index is 0.935. The van der Waals surface area contributed by atoms with Crippen molar-refractivity contribution in [2.75, 3.05) is 12.3 Å². The number of hydrogen-bond donors (Lipinski definition) is 1. The molecule has 0 aromatic carbocycles. The average Bonchev–Trinajstić information content (AvgIpc) is 2.77. The smallest absolute Gasteiger partial charge is 0.0961 e. The number of halogens is 2. The maximum atomic E-state index is 4.32. The molecule has 0 unspecified atom stereocenters. The third-order valence-corrected chi connectivity index (χ3v) is 5.26. The van der Waals surface area contributed by atoms with Crippen LogP contribution in [0.1, 0.15) is 4.88 Å². The number of nitrogens with zero attached hydrogens (tertiary/aromatic N) is 1. The molecular formula is C12H12Br2N2S2. The fourth-order valence-electron chi connectivity index (χ4n) is 1.33. The molecule has 1 N–H and O–H groups in total. The molecule has 2 nitrogen and oxygen atoms in total. The van der Waals surface area contributed by atoms with Gasteiger partial charge in [-0.2, -0.15) is 0 Å². The summed E-state index contributed by atoms with van der Waals surface area (Å²) in [4.78, 5) is 5.68. The summed E-state index contributed by atoms with van der Waals surface area (Å²) < 4.78 is 2.19. The van der Waals surface area contributed by atoms with E-state index in [0.717, 1.165) is 32.8 Å². The van der Waals surface area contributed by atoms with Crippen LogP contribution in [0.3, 0.4) is 0 Å². The van der Waals surface area contributed by atoms with E-state index < -0.39 is 0 Å². The minimum Gasteiger partial charge on any atom is -0.311 e. The zero-order chi connectivity index (χ0) is 12.8. The second kappa shape index (κ2) is 7.65. The molecule has 2 rings (SSSR count). The van der Waals surface area contributed by atoms with Crippen molar-refractivity contribution in [2.45, 2.75) is 11.6 Å². The van der Waals surface area contributed by atoms with Crippen molar-refractivity contribution >= 4 is 55.0 Å². The topological polar surface area (TPSA) is 24.9 Å². The number of thiophene rings is 1. The van der Waals surface area contributed by atoms with Gasteiger partial charge in [-0.05, 0) is 50.1 Å². The highest BCUT2D eigenvalue weighted by Gasteiger charge is 1.98. The molecule has 0 saturated carbocycles. The number of thioether (sulfide) groups is 1. The van der Waals surface area contributed by atoms with Crippen molar-refractivity contribution in [3.63, 3.8) is 0 Å². The van der Waals surface area contributed by atoms with Crippen molar-refractivity contribution < 1.29 is 0 Å². The number of aromatic nitrogens is 1. The van der Waals surface area contributed by atoms with Crippen LogP contribution in [0.4, 0.5) is 0 Å². The van der Waals surface area contributed by atoms with Gasteiger partial charge in [0.2, 0.25) is 0 Å². The quantitative estimate of drug-likeness (QED) is 0.561. The van der Waals surface area contributed by atoms with Gasteiger partial charge in [0.1, 0.15) is 0 Å². The van der Waals surface area contributed by atoms with Crippen LogP contribution in [0.15, 0.2) is 43.7 Å². The first-order valence-electron chi connectivity index (χ1n) is 5.42. The highest BCUT2D eigenvalue weighted by Crippen LogP contribution is 2.19. The largest absolute Gasteiger partial charge is 0.311 e. The molecule has 0 aliphatic heterocycles. The van der Waals surface area contributed by atoms with Gasteiger partial charge in [-0.25, -0.2) is 4.98 Å². The maximum absolute atomic E-state index is 4.32. The molecule has 96 valence electrons. The van der Waals surface area contributed by atoms with Crippen LogP contribution in [0, 0.1) is 0 Å². The van der Waals surface area contributed by atoms with Crippen molar-refractivity contribution in [2.24, 2.45) is 0 Å². The second-order valence-electron chi connectivity index (χ2n) is 3.57. The predicted octanol–water partition coefficient (Wildman–Crippen LogP) is 4.55. The van der Waals surface area contributed by atoms with E-state index in [2.05, 4.69) is 53.6 Å². The molecule has 0 amide bonds. The van der Waals surface area contributed by atoms with E-state index in [4.69, 9.17) is 0 Å². The number of hydrogen-bond acceptors (Lipinski definition) is 4. The normalized spacial score (nSPS) is 10.8. The average molecular weight is 408 g/mol. The third kappa shape index (κ3) is 5.01. The summed E-state index contributed by atoms with van der Waals surface area (Å²) in [7, 11) is 0. The van der Waals surface area contributed by atoms with Crippen LogP contribution in [0.2, 0.25) is 0 Å². The predicted molar refractivity (Wildman–Crippen MR) is 86.4 cm³/mol. The van der Waals surface area contributed by atoms with Crippen LogP contribution >= 0.6 is 55.0 Å². The lowest BCUT2D eigenvalue weighted by atomic mass is 10.4. The molecule has 0 radical (unpaired) electrons. The van der Waals surface area contributed by atoms with Gasteiger partial charge in [0.25, 0.3) is 0 Å². The van der Waals surface area contributed by atoms with E-state index in [1.165, 1.54) is 4.88 Å². The van der Waals surface area contributed by atoms with E-state index in [1.54, 1.807) is 23.1 Å². The van der Waals surface area contributed by atoms with Crippen LogP contribution in [-0.4, -0.2) is 17.3 Å². The molecule has 6 heteroatoms. The molecule has 2 aromatic heterocycles. The van der Waals surface area contributed by atoms with Crippen LogP contribution in [0.5, 0.6) is 0 Å². The van der Waals surface area contributed by atoms with Crippen molar-refractivity contribution in [1.82, 2.24) is 10.3 Å². The molecule has 0 fully saturated rings. The Morgan fingerprint density at radius 1 is 1.28 bits per heavy atom. The Morgan fingerprint density at radius 2 is 2.17 bits per heavy atom. The highest BCUT2D eigenvalue weighted by molar-refractivity contribution is 9.10. The van der Waals surface area contributed by atoms with E-state index in [0.29, 0.717) is 0 Å². The first kappa shape index (κ1) is 14.5. The fraction of sp³-hybridized carbons (Fsp3) is 0.250. The van der Waals surface area contributed by atoms with Crippen LogP contribution in [-0.2, 0) is 6.54 Å². The van der Waals surface area contributed by atoms with Crippen molar-refractivity contribution in [3.05, 3.63) is 43.6 Å². The number of rotatable bonds is 6. The Balaban J connectivity index is 1.63.